The fraction of sp³-hybridized carbons (Fsp3) is 0.316. The third kappa shape index (κ3) is 4.02. The molecule has 0 fully saturated rings. The van der Waals surface area contributed by atoms with Gasteiger partial charge in [-0.2, -0.15) is 5.26 Å². The van der Waals surface area contributed by atoms with Crippen LogP contribution >= 0.6 is 11.3 Å². The summed E-state index contributed by atoms with van der Waals surface area (Å²) < 4.78 is 0. The number of nitro groups is 1. The first-order chi connectivity index (χ1) is 13.2. The summed E-state index contributed by atoms with van der Waals surface area (Å²) in [6.07, 6.45) is 0. The molecule has 1 heterocycles. The minimum absolute atomic E-state index is 0.0756. The van der Waals surface area contributed by atoms with Crippen LogP contribution in [0.1, 0.15) is 50.6 Å². The molecule has 8 nitrogen and oxygen atoms in total. The van der Waals surface area contributed by atoms with Gasteiger partial charge in [-0.15, -0.1) is 11.3 Å². The molecule has 2 aromatic rings. The number of thiophene rings is 1. The maximum Gasteiger partial charge on any atom is 0.272 e. The molecule has 0 bridgehead atoms. The van der Waals surface area contributed by atoms with Crippen LogP contribution < -0.4 is 5.32 Å². The second-order valence-electron chi connectivity index (χ2n) is 6.06. The predicted octanol–water partition coefficient (Wildman–Crippen LogP) is 3.88. The van der Waals surface area contributed by atoms with Crippen LogP contribution in [0, 0.1) is 35.3 Å². The Kier molecular flexibility index (Phi) is 6.49. The molecule has 2 amide bonds. The monoisotopic (exact) mass is 400 g/mol. The molecular formula is C19H20N4O4S. The number of nitrogens with one attached hydrogen (secondary N) is 1. The zero-order valence-electron chi connectivity index (χ0n) is 16.0. The lowest BCUT2D eigenvalue weighted by molar-refractivity contribution is -0.385. The van der Waals surface area contributed by atoms with E-state index < -0.39 is 10.8 Å². The quantitative estimate of drug-likeness (QED) is 0.583. The highest BCUT2D eigenvalue weighted by molar-refractivity contribution is 7.18. The minimum atomic E-state index is -0.515. The largest absolute Gasteiger partial charge is 0.338 e. The molecule has 0 spiro atoms. The van der Waals surface area contributed by atoms with Crippen LogP contribution in [0.4, 0.5) is 10.7 Å². The van der Waals surface area contributed by atoms with Gasteiger partial charge in [0.25, 0.3) is 17.5 Å². The maximum absolute atomic E-state index is 12.7. The SMILES string of the molecule is CCN(CC)C(=O)c1sc(NC(=O)c2ccc([N+](=O)[O-])c(C)c2)c(C#N)c1C. The Hall–Kier alpha value is -3.25. The Bertz CT molecular complexity index is 987. The summed E-state index contributed by atoms with van der Waals surface area (Å²) in [5, 5.41) is 23.3. The number of hydrogen-bond acceptors (Lipinski definition) is 6. The lowest BCUT2D eigenvalue weighted by Gasteiger charge is -2.17. The zero-order valence-corrected chi connectivity index (χ0v) is 16.8. The number of nitro benzene ring substituents is 1. The van der Waals surface area contributed by atoms with Crippen LogP contribution in [0.5, 0.6) is 0 Å². The molecule has 1 aromatic carbocycles. The second-order valence-corrected chi connectivity index (χ2v) is 7.08. The molecule has 0 radical (unpaired) electrons. The van der Waals surface area contributed by atoms with Crippen molar-refractivity contribution in [1.29, 1.82) is 5.26 Å². The number of aryl methyl sites for hydroxylation is 1. The van der Waals surface area contributed by atoms with E-state index in [-0.39, 0.29) is 27.7 Å². The van der Waals surface area contributed by atoms with E-state index >= 15 is 0 Å². The van der Waals surface area contributed by atoms with E-state index in [1.165, 1.54) is 18.2 Å². The normalized spacial score (nSPS) is 10.2. The molecule has 0 aliphatic heterocycles. The summed E-state index contributed by atoms with van der Waals surface area (Å²) in [7, 11) is 0. The fourth-order valence-electron chi connectivity index (χ4n) is 2.77. The molecule has 0 atom stereocenters. The Balaban J connectivity index is 2.36. The van der Waals surface area contributed by atoms with Crippen molar-refractivity contribution in [3.63, 3.8) is 0 Å². The van der Waals surface area contributed by atoms with Crippen LogP contribution in [-0.4, -0.2) is 34.7 Å². The van der Waals surface area contributed by atoms with Gasteiger partial charge in [0.15, 0.2) is 0 Å². The van der Waals surface area contributed by atoms with Gasteiger partial charge in [-0.25, -0.2) is 0 Å². The average Bonchev–Trinajstić information content (AvgIpc) is 2.97. The van der Waals surface area contributed by atoms with Gasteiger partial charge in [0.05, 0.1) is 15.4 Å². The van der Waals surface area contributed by atoms with Crippen molar-refractivity contribution in [2.45, 2.75) is 27.7 Å². The van der Waals surface area contributed by atoms with E-state index in [2.05, 4.69) is 5.32 Å². The number of nitrogens with zero attached hydrogens (tertiary/aromatic N) is 3. The summed E-state index contributed by atoms with van der Waals surface area (Å²) >= 11 is 1.06. The Morgan fingerprint density at radius 3 is 2.43 bits per heavy atom. The summed E-state index contributed by atoms with van der Waals surface area (Å²) in [5.41, 5.74) is 1.29. The molecule has 28 heavy (non-hydrogen) atoms. The summed E-state index contributed by atoms with van der Waals surface area (Å²) in [6, 6.07) is 6.08. The molecule has 1 N–H and O–H groups in total. The third-order valence-electron chi connectivity index (χ3n) is 4.39. The molecule has 0 aliphatic carbocycles. The van der Waals surface area contributed by atoms with Crippen LogP contribution in [-0.2, 0) is 0 Å². The molecule has 0 unspecified atom stereocenters. The van der Waals surface area contributed by atoms with Crippen LogP contribution in [0.15, 0.2) is 18.2 Å². The molecule has 0 saturated heterocycles. The van der Waals surface area contributed by atoms with Crippen molar-refractivity contribution < 1.29 is 14.5 Å². The Morgan fingerprint density at radius 1 is 1.29 bits per heavy atom. The number of carbonyl (C=O) groups is 2. The van der Waals surface area contributed by atoms with Crippen molar-refractivity contribution in [1.82, 2.24) is 4.90 Å². The van der Waals surface area contributed by atoms with E-state index in [0.29, 0.717) is 29.1 Å². The number of hydrogen-bond donors (Lipinski definition) is 1. The van der Waals surface area contributed by atoms with E-state index in [0.717, 1.165) is 11.3 Å². The number of rotatable bonds is 6. The second kappa shape index (κ2) is 8.63. The van der Waals surface area contributed by atoms with Gasteiger partial charge in [0.2, 0.25) is 0 Å². The lowest BCUT2D eigenvalue weighted by atomic mass is 10.1. The third-order valence-corrected chi connectivity index (χ3v) is 5.58. The van der Waals surface area contributed by atoms with Crippen LogP contribution in [0.2, 0.25) is 0 Å². The van der Waals surface area contributed by atoms with Crippen LogP contribution in [0.25, 0.3) is 0 Å². The van der Waals surface area contributed by atoms with Crippen LogP contribution in [0.3, 0.4) is 0 Å². The first-order valence-corrected chi connectivity index (χ1v) is 9.45. The van der Waals surface area contributed by atoms with E-state index in [9.17, 15) is 25.0 Å². The van der Waals surface area contributed by atoms with E-state index in [1.807, 2.05) is 19.9 Å². The number of carbonyl (C=O) groups excluding carboxylic acids is 2. The van der Waals surface area contributed by atoms with Crippen molar-refractivity contribution in [2.75, 3.05) is 18.4 Å². The Labute approximate surface area is 166 Å². The maximum atomic E-state index is 12.7. The standard InChI is InChI=1S/C19H20N4O4S/c1-5-22(6-2)19(25)16-12(4)14(10-20)18(28-16)21-17(24)13-7-8-15(23(26)27)11(3)9-13/h7-9H,5-6H2,1-4H3,(H,21,24). The molecule has 1 aromatic heterocycles. The fourth-order valence-corrected chi connectivity index (χ4v) is 3.89. The summed E-state index contributed by atoms with van der Waals surface area (Å²) in [6.45, 7) is 8.05. The zero-order chi connectivity index (χ0) is 21.0. The number of nitriles is 1. The highest BCUT2D eigenvalue weighted by Crippen LogP contribution is 2.34. The van der Waals surface area contributed by atoms with Crippen molar-refractivity contribution in [2.24, 2.45) is 0 Å². The molecule has 9 heteroatoms. The average molecular weight is 400 g/mol. The molecular weight excluding hydrogens is 380 g/mol. The van der Waals surface area contributed by atoms with Crippen molar-refractivity contribution in [3.05, 3.63) is 55.4 Å². The smallest absolute Gasteiger partial charge is 0.272 e. The lowest BCUT2D eigenvalue weighted by Crippen LogP contribution is -2.30. The predicted molar refractivity (Wildman–Crippen MR) is 107 cm³/mol. The molecule has 2 rings (SSSR count). The highest BCUT2D eigenvalue weighted by atomic mass is 32.1. The summed E-state index contributed by atoms with van der Waals surface area (Å²) in [5.74, 6) is -0.687. The van der Waals surface area contributed by atoms with Gasteiger partial charge in [-0.05, 0) is 45.4 Å². The number of anilines is 1. The van der Waals surface area contributed by atoms with Gasteiger partial charge in [0.1, 0.15) is 11.1 Å². The van der Waals surface area contributed by atoms with Gasteiger partial charge in [-0.3, -0.25) is 19.7 Å². The molecule has 146 valence electrons. The Morgan fingerprint density at radius 2 is 1.93 bits per heavy atom. The number of benzene rings is 1. The summed E-state index contributed by atoms with van der Waals surface area (Å²) in [4.78, 5) is 37.7. The van der Waals surface area contributed by atoms with Gasteiger partial charge >= 0.3 is 0 Å². The first kappa shape index (κ1) is 21.1. The van der Waals surface area contributed by atoms with E-state index in [1.54, 1.807) is 18.7 Å². The first-order valence-electron chi connectivity index (χ1n) is 8.64. The van der Waals surface area contributed by atoms with Gasteiger partial charge < -0.3 is 10.2 Å². The van der Waals surface area contributed by atoms with Gasteiger partial charge in [-0.1, -0.05) is 0 Å². The van der Waals surface area contributed by atoms with E-state index in [4.69, 9.17) is 0 Å². The molecule has 0 saturated carbocycles. The minimum Gasteiger partial charge on any atom is -0.338 e. The molecule has 0 aliphatic rings. The van der Waals surface area contributed by atoms with Crippen molar-refractivity contribution >= 4 is 33.8 Å². The highest BCUT2D eigenvalue weighted by Gasteiger charge is 2.24. The van der Waals surface area contributed by atoms with Gasteiger partial charge in [0, 0.05) is 30.3 Å². The van der Waals surface area contributed by atoms with Crippen molar-refractivity contribution in [3.8, 4) is 6.07 Å². The topological polar surface area (TPSA) is 116 Å². The number of amides is 2.